The Bertz CT molecular complexity index is 189. The van der Waals surface area contributed by atoms with E-state index in [1.165, 1.54) is 32.5 Å². The third kappa shape index (κ3) is 3.65. The zero-order valence-corrected chi connectivity index (χ0v) is 9.29. The second-order valence-electron chi connectivity index (χ2n) is 4.14. The molecule has 3 heteroatoms. The zero-order valence-electron chi connectivity index (χ0n) is 9.29. The molecule has 1 aliphatic heterocycles. The molecule has 0 bridgehead atoms. The Kier molecular flexibility index (Phi) is 4.92. The summed E-state index contributed by atoms with van der Waals surface area (Å²) in [5, 5.41) is 11.9. The van der Waals surface area contributed by atoms with E-state index >= 15 is 0 Å². The predicted molar refractivity (Wildman–Crippen MR) is 57.9 cm³/mol. The molecule has 3 nitrogen and oxygen atoms in total. The van der Waals surface area contributed by atoms with Crippen LogP contribution in [0.25, 0.3) is 0 Å². The topological polar surface area (TPSA) is 39.1 Å². The minimum atomic E-state index is -0.000736. The highest BCUT2D eigenvalue weighted by molar-refractivity contribution is 4.86. The van der Waals surface area contributed by atoms with Crippen LogP contribution >= 0.6 is 0 Å². The van der Waals surface area contributed by atoms with E-state index in [2.05, 4.69) is 23.2 Å². The van der Waals surface area contributed by atoms with E-state index in [4.69, 9.17) is 5.26 Å². The summed E-state index contributed by atoms with van der Waals surface area (Å²) in [5.41, 5.74) is 0. The van der Waals surface area contributed by atoms with E-state index in [0.29, 0.717) is 0 Å². The van der Waals surface area contributed by atoms with Gasteiger partial charge in [0.2, 0.25) is 0 Å². The standard InChI is InChI=1S/C11H21N3/c1-3-14-6-4-11(5-7-14)9-13-10(2)8-12/h10-11,13H,3-7,9H2,1-2H3. The SMILES string of the molecule is CCN1CCC(CNC(C)C#N)CC1. The fourth-order valence-corrected chi connectivity index (χ4v) is 1.90. The van der Waals surface area contributed by atoms with E-state index in [1.54, 1.807) is 0 Å². The molecule has 0 aliphatic carbocycles. The van der Waals surface area contributed by atoms with E-state index in [1.807, 2.05) is 6.92 Å². The largest absolute Gasteiger partial charge is 0.304 e. The van der Waals surface area contributed by atoms with Gasteiger partial charge in [-0.1, -0.05) is 6.92 Å². The van der Waals surface area contributed by atoms with Crippen molar-refractivity contribution in [3.63, 3.8) is 0 Å². The van der Waals surface area contributed by atoms with Crippen LogP contribution in [0.4, 0.5) is 0 Å². The molecular formula is C11H21N3. The van der Waals surface area contributed by atoms with Crippen LogP contribution in [0.5, 0.6) is 0 Å². The first kappa shape index (κ1) is 11.5. The van der Waals surface area contributed by atoms with E-state index in [-0.39, 0.29) is 6.04 Å². The molecule has 1 aliphatic rings. The van der Waals surface area contributed by atoms with Crippen molar-refractivity contribution in [1.29, 1.82) is 5.26 Å². The first-order chi connectivity index (χ1) is 6.76. The predicted octanol–water partition coefficient (Wildman–Crippen LogP) is 1.22. The molecule has 1 rings (SSSR count). The third-order valence-electron chi connectivity index (χ3n) is 3.06. The summed E-state index contributed by atoms with van der Waals surface area (Å²) in [7, 11) is 0. The van der Waals surface area contributed by atoms with Crippen molar-refractivity contribution < 1.29 is 0 Å². The van der Waals surface area contributed by atoms with Crippen molar-refractivity contribution in [1.82, 2.24) is 10.2 Å². The van der Waals surface area contributed by atoms with Crippen molar-refractivity contribution >= 4 is 0 Å². The van der Waals surface area contributed by atoms with Crippen molar-refractivity contribution in [3.05, 3.63) is 0 Å². The lowest BCUT2D eigenvalue weighted by atomic mass is 9.96. The molecule has 1 unspecified atom stereocenters. The third-order valence-corrected chi connectivity index (χ3v) is 3.06. The molecule has 1 N–H and O–H groups in total. The maximum Gasteiger partial charge on any atom is 0.0924 e. The maximum absolute atomic E-state index is 8.62. The molecule has 1 saturated heterocycles. The number of nitrogens with zero attached hydrogens (tertiary/aromatic N) is 2. The van der Waals surface area contributed by atoms with Crippen LogP contribution in [-0.2, 0) is 0 Å². The molecule has 0 amide bonds. The van der Waals surface area contributed by atoms with Gasteiger partial charge in [-0.3, -0.25) is 0 Å². The molecule has 1 atom stereocenters. The molecule has 1 fully saturated rings. The lowest BCUT2D eigenvalue weighted by molar-refractivity contribution is 0.189. The molecule has 0 radical (unpaired) electrons. The Balaban J connectivity index is 2.13. The second kappa shape index (κ2) is 6.00. The van der Waals surface area contributed by atoms with Crippen LogP contribution < -0.4 is 5.32 Å². The van der Waals surface area contributed by atoms with Crippen LogP contribution in [-0.4, -0.2) is 37.1 Å². The molecule has 14 heavy (non-hydrogen) atoms. The first-order valence-electron chi connectivity index (χ1n) is 5.61. The summed E-state index contributed by atoms with van der Waals surface area (Å²) >= 11 is 0. The monoisotopic (exact) mass is 195 g/mol. The van der Waals surface area contributed by atoms with Gasteiger partial charge in [0.15, 0.2) is 0 Å². The quantitative estimate of drug-likeness (QED) is 0.733. The van der Waals surface area contributed by atoms with Crippen molar-refractivity contribution in [2.45, 2.75) is 32.7 Å². The van der Waals surface area contributed by atoms with Gasteiger partial charge in [-0.05, 0) is 51.9 Å². The summed E-state index contributed by atoms with van der Waals surface area (Å²) in [4.78, 5) is 2.49. The number of nitrogens with one attached hydrogen (secondary N) is 1. The summed E-state index contributed by atoms with van der Waals surface area (Å²) in [6.45, 7) is 8.77. The van der Waals surface area contributed by atoms with Gasteiger partial charge in [0.1, 0.15) is 0 Å². The number of likely N-dealkylation sites (tertiary alicyclic amines) is 1. The van der Waals surface area contributed by atoms with Crippen LogP contribution in [0.3, 0.4) is 0 Å². The van der Waals surface area contributed by atoms with E-state index < -0.39 is 0 Å². The number of rotatable bonds is 4. The molecule has 0 spiro atoms. The van der Waals surface area contributed by atoms with Gasteiger partial charge in [-0.2, -0.15) is 5.26 Å². The van der Waals surface area contributed by atoms with Crippen molar-refractivity contribution in [2.75, 3.05) is 26.2 Å². The first-order valence-corrected chi connectivity index (χ1v) is 5.61. The van der Waals surface area contributed by atoms with Crippen LogP contribution in [0.15, 0.2) is 0 Å². The maximum atomic E-state index is 8.62. The zero-order chi connectivity index (χ0) is 10.4. The summed E-state index contributed by atoms with van der Waals surface area (Å²) in [6.07, 6.45) is 2.55. The minimum absolute atomic E-state index is 0.000736. The van der Waals surface area contributed by atoms with Gasteiger partial charge in [-0.25, -0.2) is 0 Å². The van der Waals surface area contributed by atoms with Crippen molar-refractivity contribution in [2.24, 2.45) is 5.92 Å². The molecule has 1 heterocycles. The summed E-state index contributed by atoms with van der Waals surface area (Å²) in [5.74, 6) is 0.772. The van der Waals surface area contributed by atoms with Crippen molar-refractivity contribution in [3.8, 4) is 6.07 Å². The fourth-order valence-electron chi connectivity index (χ4n) is 1.90. The van der Waals surface area contributed by atoms with E-state index in [9.17, 15) is 0 Å². The number of hydrogen-bond donors (Lipinski definition) is 1. The lowest BCUT2D eigenvalue weighted by Crippen LogP contribution is -2.38. The number of hydrogen-bond acceptors (Lipinski definition) is 3. The Hall–Kier alpha value is -0.590. The molecule has 80 valence electrons. The van der Waals surface area contributed by atoms with Crippen LogP contribution in [0, 0.1) is 17.2 Å². The van der Waals surface area contributed by atoms with Crippen LogP contribution in [0.1, 0.15) is 26.7 Å². The van der Waals surface area contributed by atoms with Crippen LogP contribution in [0.2, 0.25) is 0 Å². The Morgan fingerprint density at radius 2 is 2.14 bits per heavy atom. The average Bonchev–Trinajstić information content (AvgIpc) is 2.26. The smallest absolute Gasteiger partial charge is 0.0924 e. The molecule has 0 aromatic carbocycles. The van der Waals surface area contributed by atoms with Gasteiger partial charge in [0.25, 0.3) is 0 Å². The Morgan fingerprint density at radius 1 is 1.50 bits per heavy atom. The second-order valence-corrected chi connectivity index (χ2v) is 4.14. The molecule has 0 aromatic heterocycles. The Morgan fingerprint density at radius 3 is 2.64 bits per heavy atom. The summed E-state index contributed by atoms with van der Waals surface area (Å²) in [6, 6.07) is 2.20. The summed E-state index contributed by atoms with van der Waals surface area (Å²) < 4.78 is 0. The lowest BCUT2D eigenvalue weighted by Gasteiger charge is -2.31. The minimum Gasteiger partial charge on any atom is -0.304 e. The van der Waals surface area contributed by atoms with Gasteiger partial charge in [0.05, 0.1) is 12.1 Å². The van der Waals surface area contributed by atoms with E-state index in [0.717, 1.165) is 12.5 Å². The molecule has 0 aromatic rings. The van der Waals surface area contributed by atoms with Gasteiger partial charge >= 0.3 is 0 Å². The highest BCUT2D eigenvalue weighted by Gasteiger charge is 2.17. The Labute approximate surface area is 87.1 Å². The average molecular weight is 195 g/mol. The molecule has 0 saturated carbocycles. The van der Waals surface area contributed by atoms with Gasteiger partial charge in [0, 0.05) is 0 Å². The highest BCUT2D eigenvalue weighted by Crippen LogP contribution is 2.15. The number of piperidine rings is 1. The van der Waals surface area contributed by atoms with Gasteiger partial charge < -0.3 is 10.2 Å². The van der Waals surface area contributed by atoms with Gasteiger partial charge in [-0.15, -0.1) is 0 Å². The molecular weight excluding hydrogens is 174 g/mol. The highest BCUT2D eigenvalue weighted by atomic mass is 15.1. The number of nitriles is 1. The normalized spacial score (nSPS) is 21.8. The fraction of sp³-hybridized carbons (Fsp3) is 0.909.